The van der Waals surface area contributed by atoms with Gasteiger partial charge in [-0.25, -0.2) is 13.6 Å². The van der Waals surface area contributed by atoms with Crippen LogP contribution in [0, 0.1) is 11.6 Å². The zero-order valence-corrected chi connectivity index (χ0v) is 10.0. The van der Waals surface area contributed by atoms with Gasteiger partial charge in [0.15, 0.2) is 0 Å². The summed E-state index contributed by atoms with van der Waals surface area (Å²) >= 11 is 0. The Morgan fingerprint density at radius 3 is 2.25 bits per heavy atom. The molecule has 1 aromatic rings. The SMILES string of the molecule is O=C(O)c1c(F)cc(N2CCCC2C(F)(F)F)cc1F. The van der Waals surface area contributed by atoms with Gasteiger partial charge < -0.3 is 10.0 Å². The number of carboxylic acid groups (broad SMARTS) is 1. The maximum absolute atomic E-state index is 13.5. The van der Waals surface area contributed by atoms with E-state index in [9.17, 15) is 26.7 Å². The van der Waals surface area contributed by atoms with Crippen molar-refractivity contribution in [1.82, 2.24) is 0 Å². The lowest BCUT2D eigenvalue weighted by Gasteiger charge is -2.28. The zero-order valence-electron chi connectivity index (χ0n) is 10.0. The van der Waals surface area contributed by atoms with E-state index in [1.54, 1.807) is 0 Å². The number of nitrogens with zero attached hydrogens (tertiary/aromatic N) is 1. The summed E-state index contributed by atoms with van der Waals surface area (Å²) in [6.07, 6.45) is -4.42. The highest BCUT2D eigenvalue weighted by Gasteiger charge is 2.46. The van der Waals surface area contributed by atoms with Crippen molar-refractivity contribution in [3.05, 3.63) is 29.3 Å². The van der Waals surface area contributed by atoms with Crippen molar-refractivity contribution in [2.45, 2.75) is 25.1 Å². The molecular weight excluding hydrogens is 285 g/mol. The lowest BCUT2D eigenvalue weighted by Crippen LogP contribution is -2.41. The van der Waals surface area contributed by atoms with Crippen molar-refractivity contribution < 1.29 is 31.9 Å². The number of anilines is 1. The van der Waals surface area contributed by atoms with Gasteiger partial charge in [-0.3, -0.25) is 0 Å². The van der Waals surface area contributed by atoms with E-state index in [0.29, 0.717) is 12.1 Å². The molecule has 1 unspecified atom stereocenters. The number of halogens is 5. The Morgan fingerprint density at radius 1 is 1.25 bits per heavy atom. The van der Waals surface area contributed by atoms with E-state index >= 15 is 0 Å². The van der Waals surface area contributed by atoms with Crippen LogP contribution in [0.1, 0.15) is 23.2 Å². The van der Waals surface area contributed by atoms with E-state index in [0.717, 1.165) is 4.90 Å². The first-order valence-corrected chi connectivity index (χ1v) is 5.77. The highest BCUT2D eigenvalue weighted by molar-refractivity contribution is 5.88. The molecule has 0 bridgehead atoms. The molecule has 1 heterocycles. The number of hydrogen-bond donors (Lipinski definition) is 1. The van der Waals surface area contributed by atoms with Crippen molar-refractivity contribution in [2.75, 3.05) is 11.4 Å². The summed E-state index contributed by atoms with van der Waals surface area (Å²) < 4.78 is 65.4. The van der Waals surface area contributed by atoms with E-state index in [-0.39, 0.29) is 25.1 Å². The molecule has 1 aliphatic heterocycles. The monoisotopic (exact) mass is 295 g/mol. The first-order chi connectivity index (χ1) is 9.21. The van der Waals surface area contributed by atoms with Gasteiger partial charge in [-0.05, 0) is 25.0 Å². The average molecular weight is 295 g/mol. The van der Waals surface area contributed by atoms with Crippen LogP contribution in [0.2, 0.25) is 0 Å². The van der Waals surface area contributed by atoms with Gasteiger partial charge in [-0.15, -0.1) is 0 Å². The van der Waals surface area contributed by atoms with Crippen LogP contribution in [0.3, 0.4) is 0 Å². The predicted octanol–water partition coefficient (Wildman–Crippen LogP) is 3.19. The summed E-state index contributed by atoms with van der Waals surface area (Å²) in [5.41, 5.74) is -1.47. The first-order valence-electron chi connectivity index (χ1n) is 5.77. The molecule has 3 nitrogen and oxygen atoms in total. The number of benzene rings is 1. The largest absolute Gasteiger partial charge is 0.477 e. The molecule has 0 amide bonds. The minimum Gasteiger partial charge on any atom is -0.477 e. The minimum atomic E-state index is -4.51. The van der Waals surface area contributed by atoms with Gasteiger partial charge in [-0.1, -0.05) is 0 Å². The van der Waals surface area contributed by atoms with Gasteiger partial charge in [0, 0.05) is 12.2 Å². The van der Waals surface area contributed by atoms with Crippen molar-refractivity contribution in [1.29, 1.82) is 0 Å². The number of hydrogen-bond acceptors (Lipinski definition) is 2. The van der Waals surface area contributed by atoms with Gasteiger partial charge >= 0.3 is 12.1 Å². The molecular formula is C12H10F5NO2. The highest BCUT2D eigenvalue weighted by atomic mass is 19.4. The number of carbonyl (C=O) groups is 1. The fourth-order valence-corrected chi connectivity index (χ4v) is 2.35. The first kappa shape index (κ1) is 14.5. The van der Waals surface area contributed by atoms with Gasteiger partial charge in [0.1, 0.15) is 23.2 Å². The van der Waals surface area contributed by atoms with Crippen LogP contribution >= 0.6 is 0 Å². The Bertz CT molecular complexity index is 520. The molecule has 2 rings (SSSR count). The lowest BCUT2D eigenvalue weighted by molar-refractivity contribution is -0.146. The van der Waals surface area contributed by atoms with Crippen LogP contribution in [-0.4, -0.2) is 29.8 Å². The van der Waals surface area contributed by atoms with Crippen LogP contribution in [0.25, 0.3) is 0 Å². The summed E-state index contributed by atoms with van der Waals surface area (Å²) in [6.45, 7) is 0.00940. The summed E-state index contributed by atoms with van der Waals surface area (Å²) in [6, 6.07) is -0.565. The Morgan fingerprint density at radius 2 is 1.80 bits per heavy atom. The summed E-state index contributed by atoms with van der Waals surface area (Å²) in [7, 11) is 0. The second kappa shape index (κ2) is 4.92. The lowest BCUT2D eigenvalue weighted by atomic mass is 10.1. The average Bonchev–Trinajstić information content (AvgIpc) is 2.75. The smallest absolute Gasteiger partial charge is 0.408 e. The van der Waals surface area contributed by atoms with E-state index in [4.69, 9.17) is 5.11 Å². The highest BCUT2D eigenvalue weighted by Crippen LogP contribution is 2.36. The van der Waals surface area contributed by atoms with Crippen LogP contribution < -0.4 is 4.90 Å². The summed E-state index contributed by atoms with van der Waals surface area (Å²) in [5.74, 6) is -4.58. The third kappa shape index (κ3) is 2.54. The second-order valence-electron chi connectivity index (χ2n) is 4.48. The number of alkyl halides is 3. The van der Waals surface area contributed by atoms with E-state index < -0.39 is 35.4 Å². The molecule has 1 fully saturated rings. The number of carboxylic acids is 1. The fourth-order valence-electron chi connectivity index (χ4n) is 2.35. The molecule has 8 heteroatoms. The van der Waals surface area contributed by atoms with Crippen molar-refractivity contribution in [3.8, 4) is 0 Å². The Kier molecular flexibility index (Phi) is 3.58. The Labute approximate surface area is 110 Å². The molecule has 1 N–H and O–H groups in total. The van der Waals surface area contributed by atoms with Gasteiger partial charge in [0.2, 0.25) is 0 Å². The molecule has 1 aliphatic rings. The Balaban J connectivity index is 2.41. The van der Waals surface area contributed by atoms with Crippen molar-refractivity contribution >= 4 is 11.7 Å². The molecule has 1 atom stereocenters. The third-order valence-electron chi connectivity index (χ3n) is 3.20. The second-order valence-corrected chi connectivity index (χ2v) is 4.48. The van der Waals surface area contributed by atoms with Gasteiger partial charge in [-0.2, -0.15) is 13.2 Å². The maximum Gasteiger partial charge on any atom is 0.408 e. The predicted molar refractivity (Wildman–Crippen MR) is 59.7 cm³/mol. The van der Waals surface area contributed by atoms with E-state index in [1.807, 2.05) is 0 Å². The number of aromatic carboxylic acids is 1. The van der Waals surface area contributed by atoms with Gasteiger partial charge in [0.05, 0.1) is 0 Å². The third-order valence-corrected chi connectivity index (χ3v) is 3.20. The van der Waals surface area contributed by atoms with E-state index in [1.165, 1.54) is 0 Å². The normalized spacial score (nSPS) is 19.4. The van der Waals surface area contributed by atoms with Crippen LogP contribution in [0.15, 0.2) is 12.1 Å². The maximum atomic E-state index is 13.5. The van der Waals surface area contributed by atoms with Crippen molar-refractivity contribution in [2.24, 2.45) is 0 Å². The minimum absolute atomic E-state index is 0.00940. The molecule has 0 radical (unpaired) electrons. The molecule has 0 aliphatic carbocycles. The molecule has 20 heavy (non-hydrogen) atoms. The van der Waals surface area contributed by atoms with Crippen LogP contribution in [0.4, 0.5) is 27.6 Å². The standard InChI is InChI=1S/C12H10F5NO2/c13-7-4-6(5-8(14)10(7)11(19)20)18-3-1-2-9(18)12(15,16)17/h4-5,9H,1-3H2,(H,19,20). The number of rotatable bonds is 2. The molecule has 0 saturated carbocycles. The molecule has 0 aromatic heterocycles. The van der Waals surface area contributed by atoms with Crippen LogP contribution in [-0.2, 0) is 0 Å². The van der Waals surface area contributed by atoms with Gasteiger partial charge in [0.25, 0.3) is 0 Å². The topological polar surface area (TPSA) is 40.5 Å². The molecule has 0 spiro atoms. The Hall–Kier alpha value is -1.86. The fraction of sp³-hybridized carbons (Fsp3) is 0.417. The summed E-state index contributed by atoms with van der Waals surface area (Å²) in [4.78, 5) is 11.5. The molecule has 1 saturated heterocycles. The quantitative estimate of drug-likeness (QED) is 0.852. The van der Waals surface area contributed by atoms with Crippen molar-refractivity contribution in [3.63, 3.8) is 0 Å². The zero-order chi connectivity index (χ0) is 15.1. The summed E-state index contributed by atoms with van der Waals surface area (Å²) in [5, 5.41) is 8.61. The molecule has 1 aromatic carbocycles. The van der Waals surface area contributed by atoms with E-state index in [2.05, 4.69) is 0 Å². The molecule has 110 valence electrons. The van der Waals surface area contributed by atoms with Crippen LogP contribution in [0.5, 0.6) is 0 Å².